The second-order valence-electron chi connectivity index (χ2n) is 1.53. The van der Waals surface area contributed by atoms with Crippen LogP contribution in [0.5, 0.6) is 0 Å². The molecular formula is C5HBrF3N. The van der Waals surface area contributed by atoms with Gasteiger partial charge in [0.05, 0.1) is 4.47 Å². The van der Waals surface area contributed by atoms with E-state index in [1.54, 1.807) is 0 Å². The summed E-state index contributed by atoms with van der Waals surface area (Å²) in [5.74, 6) is -3.67. The maximum Gasteiger partial charge on any atom is 0.252 e. The third-order valence-electron chi connectivity index (χ3n) is 0.842. The molecule has 0 fully saturated rings. The average molecular weight is 212 g/mol. The summed E-state index contributed by atoms with van der Waals surface area (Å²) in [6, 6.07) is 0.748. The lowest BCUT2D eigenvalue weighted by Crippen LogP contribution is -1.93. The van der Waals surface area contributed by atoms with Crippen LogP contribution in [-0.2, 0) is 0 Å². The molecule has 0 N–H and O–H groups in total. The molecule has 1 heterocycles. The summed E-state index contributed by atoms with van der Waals surface area (Å²) in [6.07, 6.45) is 0. The van der Waals surface area contributed by atoms with Crippen LogP contribution in [0.1, 0.15) is 0 Å². The van der Waals surface area contributed by atoms with Crippen molar-refractivity contribution in [3.63, 3.8) is 0 Å². The zero-order valence-corrected chi connectivity index (χ0v) is 6.12. The highest BCUT2D eigenvalue weighted by Crippen LogP contribution is 2.16. The van der Waals surface area contributed by atoms with Gasteiger partial charge in [0.2, 0.25) is 5.95 Å². The molecule has 0 radical (unpaired) electrons. The molecule has 0 unspecified atom stereocenters. The van der Waals surface area contributed by atoms with Crippen LogP contribution in [0, 0.1) is 17.7 Å². The number of rotatable bonds is 0. The first-order chi connectivity index (χ1) is 4.61. The fourth-order valence-corrected chi connectivity index (χ4v) is 0.794. The van der Waals surface area contributed by atoms with Gasteiger partial charge in [-0.3, -0.25) is 0 Å². The summed E-state index contributed by atoms with van der Waals surface area (Å²) in [5, 5.41) is 0. The molecule has 0 saturated carbocycles. The predicted octanol–water partition coefficient (Wildman–Crippen LogP) is 2.26. The van der Waals surface area contributed by atoms with Crippen molar-refractivity contribution in [2.45, 2.75) is 0 Å². The maximum atomic E-state index is 12.3. The van der Waals surface area contributed by atoms with E-state index in [1.165, 1.54) is 0 Å². The van der Waals surface area contributed by atoms with Gasteiger partial charge in [0.25, 0.3) is 5.95 Å². The van der Waals surface area contributed by atoms with Crippen molar-refractivity contribution in [2.75, 3.05) is 0 Å². The molecule has 0 atom stereocenters. The Hall–Kier alpha value is -0.580. The van der Waals surface area contributed by atoms with Crippen molar-refractivity contribution in [3.8, 4) is 0 Å². The van der Waals surface area contributed by atoms with Gasteiger partial charge in [-0.15, -0.1) is 0 Å². The molecule has 0 aliphatic carbocycles. The Morgan fingerprint density at radius 2 is 1.90 bits per heavy atom. The fraction of sp³-hybridized carbons (Fsp3) is 0. The lowest BCUT2D eigenvalue weighted by atomic mass is 10.5. The van der Waals surface area contributed by atoms with Crippen molar-refractivity contribution >= 4 is 15.9 Å². The number of aromatic nitrogens is 1. The van der Waals surface area contributed by atoms with Crippen LogP contribution < -0.4 is 0 Å². The molecule has 0 bridgehead atoms. The number of nitrogens with zero attached hydrogens (tertiary/aromatic N) is 1. The van der Waals surface area contributed by atoms with Crippen molar-refractivity contribution < 1.29 is 13.2 Å². The van der Waals surface area contributed by atoms with E-state index in [1.807, 2.05) is 0 Å². The van der Waals surface area contributed by atoms with E-state index < -0.39 is 17.7 Å². The Labute approximate surface area is 63.0 Å². The number of halogens is 4. The molecule has 54 valence electrons. The quantitative estimate of drug-likeness (QED) is 0.601. The number of hydrogen-bond acceptors (Lipinski definition) is 1. The smallest absolute Gasteiger partial charge is 0.201 e. The molecule has 0 saturated heterocycles. The zero-order chi connectivity index (χ0) is 7.72. The van der Waals surface area contributed by atoms with Gasteiger partial charge in [-0.2, -0.15) is 13.8 Å². The second-order valence-corrected chi connectivity index (χ2v) is 2.39. The molecule has 0 aliphatic rings. The zero-order valence-electron chi connectivity index (χ0n) is 4.54. The lowest BCUT2D eigenvalue weighted by Gasteiger charge is -1.93. The van der Waals surface area contributed by atoms with Gasteiger partial charge in [-0.25, -0.2) is 4.39 Å². The fourth-order valence-electron chi connectivity index (χ4n) is 0.442. The summed E-state index contributed by atoms with van der Waals surface area (Å²) < 4.78 is 36.1. The second kappa shape index (κ2) is 2.57. The largest absolute Gasteiger partial charge is 0.252 e. The molecule has 0 aliphatic heterocycles. The van der Waals surface area contributed by atoms with Gasteiger partial charge in [0.15, 0.2) is 5.82 Å². The van der Waals surface area contributed by atoms with E-state index >= 15 is 0 Å². The molecule has 1 aromatic rings. The van der Waals surface area contributed by atoms with Crippen molar-refractivity contribution in [3.05, 3.63) is 28.3 Å². The molecule has 0 aromatic carbocycles. The summed E-state index contributed by atoms with van der Waals surface area (Å²) in [6.45, 7) is 0. The number of pyridine rings is 1. The topological polar surface area (TPSA) is 12.9 Å². The summed E-state index contributed by atoms with van der Waals surface area (Å²) in [5.41, 5.74) is 0. The van der Waals surface area contributed by atoms with Gasteiger partial charge in [0, 0.05) is 6.07 Å². The highest BCUT2D eigenvalue weighted by atomic mass is 79.9. The minimum absolute atomic E-state index is 0.266. The van der Waals surface area contributed by atoms with Crippen LogP contribution in [0.15, 0.2) is 10.5 Å². The van der Waals surface area contributed by atoms with Crippen LogP contribution in [0.2, 0.25) is 0 Å². The normalized spacial score (nSPS) is 10.0. The Kier molecular flexibility index (Phi) is 1.94. The van der Waals surface area contributed by atoms with E-state index in [9.17, 15) is 13.2 Å². The molecular weight excluding hydrogens is 211 g/mol. The molecule has 10 heavy (non-hydrogen) atoms. The molecule has 0 amide bonds. The van der Waals surface area contributed by atoms with Crippen LogP contribution >= 0.6 is 15.9 Å². The summed E-state index contributed by atoms with van der Waals surface area (Å²) >= 11 is 2.60. The van der Waals surface area contributed by atoms with E-state index in [2.05, 4.69) is 20.9 Å². The molecule has 0 spiro atoms. The Bertz CT molecular complexity index is 240. The van der Waals surface area contributed by atoms with Crippen molar-refractivity contribution in [1.29, 1.82) is 0 Å². The third-order valence-corrected chi connectivity index (χ3v) is 1.42. The van der Waals surface area contributed by atoms with Crippen molar-refractivity contribution in [2.24, 2.45) is 0 Å². The Balaban J connectivity index is 3.31. The van der Waals surface area contributed by atoms with Crippen LogP contribution in [0.3, 0.4) is 0 Å². The van der Waals surface area contributed by atoms with E-state index in [4.69, 9.17) is 0 Å². The maximum absolute atomic E-state index is 12.3. The Morgan fingerprint density at radius 1 is 1.30 bits per heavy atom. The van der Waals surface area contributed by atoms with Gasteiger partial charge >= 0.3 is 0 Å². The highest BCUT2D eigenvalue weighted by molar-refractivity contribution is 9.10. The van der Waals surface area contributed by atoms with Gasteiger partial charge < -0.3 is 0 Å². The van der Waals surface area contributed by atoms with E-state index in [0.717, 1.165) is 6.07 Å². The monoisotopic (exact) mass is 211 g/mol. The first-order valence-electron chi connectivity index (χ1n) is 2.28. The summed E-state index contributed by atoms with van der Waals surface area (Å²) in [7, 11) is 0. The van der Waals surface area contributed by atoms with E-state index in [0.29, 0.717) is 0 Å². The van der Waals surface area contributed by atoms with Crippen LogP contribution in [0.25, 0.3) is 0 Å². The Morgan fingerprint density at radius 3 is 2.40 bits per heavy atom. The molecule has 1 aromatic heterocycles. The third kappa shape index (κ3) is 1.29. The first-order valence-corrected chi connectivity index (χ1v) is 3.07. The number of hydrogen-bond donors (Lipinski definition) is 0. The standard InChI is InChI=1S/C5HBrF3N/c6-2-1-3(7)10-5(9)4(2)8/h1H. The van der Waals surface area contributed by atoms with Gasteiger partial charge in [0.1, 0.15) is 0 Å². The average Bonchev–Trinajstić information content (AvgIpc) is 1.82. The van der Waals surface area contributed by atoms with E-state index in [-0.39, 0.29) is 4.47 Å². The molecule has 1 rings (SSSR count). The minimum Gasteiger partial charge on any atom is -0.201 e. The lowest BCUT2D eigenvalue weighted by molar-refractivity contribution is 0.443. The SMILES string of the molecule is Fc1cc(Br)c(F)c(F)n1. The summed E-state index contributed by atoms with van der Waals surface area (Å²) in [4.78, 5) is 2.60. The van der Waals surface area contributed by atoms with Crippen LogP contribution in [-0.4, -0.2) is 4.98 Å². The van der Waals surface area contributed by atoms with Gasteiger partial charge in [-0.05, 0) is 15.9 Å². The van der Waals surface area contributed by atoms with Crippen molar-refractivity contribution in [1.82, 2.24) is 4.98 Å². The molecule has 1 nitrogen and oxygen atoms in total. The molecule has 5 heteroatoms. The first kappa shape index (κ1) is 7.53. The highest BCUT2D eigenvalue weighted by Gasteiger charge is 2.09. The van der Waals surface area contributed by atoms with Gasteiger partial charge in [-0.1, -0.05) is 0 Å². The minimum atomic E-state index is -1.44. The predicted molar refractivity (Wildman–Crippen MR) is 31.8 cm³/mol. The van der Waals surface area contributed by atoms with Crippen LogP contribution in [0.4, 0.5) is 13.2 Å².